The summed E-state index contributed by atoms with van der Waals surface area (Å²) in [5, 5.41) is 9.47. The van der Waals surface area contributed by atoms with Crippen molar-refractivity contribution >= 4 is 11.4 Å². The van der Waals surface area contributed by atoms with Gasteiger partial charge in [-0.3, -0.25) is 4.98 Å². The van der Waals surface area contributed by atoms with Crippen molar-refractivity contribution in [2.75, 3.05) is 17.2 Å². The quantitative estimate of drug-likeness (QED) is 0.131. The Bertz CT molecular complexity index is 1360. The molecule has 3 aromatic rings. The van der Waals surface area contributed by atoms with Gasteiger partial charge >= 0.3 is 6.18 Å². The van der Waals surface area contributed by atoms with Gasteiger partial charge in [-0.15, -0.1) is 0 Å². The number of allylic oxidation sites excluding steroid dienone is 4. The third kappa shape index (κ3) is 13.3. The van der Waals surface area contributed by atoms with Gasteiger partial charge in [0.2, 0.25) is 0 Å². The molecule has 0 bridgehead atoms. The van der Waals surface area contributed by atoms with Crippen LogP contribution in [0.2, 0.25) is 0 Å². The molecule has 0 aliphatic heterocycles. The number of alkyl halides is 3. The number of halogens is 4. The van der Waals surface area contributed by atoms with E-state index in [1.165, 1.54) is 36.7 Å². The summed E-state index contributed by atoms with van der Waals surface area (Å²) >= 11 is 0. The predicted molar refractivity (Wildman–Crippen MR) is 181 cm³/mol. The second-order valence-electron chi connectivity index (χ2n) is 10.6. The van der Waals surface area contributed by atoms with E-state index in [4.69, 9.17) is 0 Å². The number of rotatable bonds is 13. The van der Waals surface area contributed by atoms with E-state index < -0.39 is 11.7 Å². The number of hydrogen-bond acceptors (Lipinski definition) is 4. The third-order valence-corrected chi connectivity index (χ3v) is 6.86. The summed E-state index contributed by atoms with van der Waals surface area (Å²) in [5.74, 6) is 0.495. The average molecular weight is 625 g/mol. The molecule has 0 amide bonds. The van der Waals surface area contributed by atoms with Crippen molar-refractivity contribution in [3.8, 4) is 0 Å². The number of nitrogens with zero attached hydrogens (tertiary/aromatic N) is 1. The van der Waals surface area contributed by atoms with E-state index in [0.29, 0.717) is 17.8 Å². The summed E-state index contributed by atoms with van der Waals surface area (Å²) in [4.78, 5) is 4.08. The van der Waals surface area contributed by atoms with Gasteiger partial charge in [0, 0.05) is 23.8 Å². The fraction of sp³-hybridized carbons (Fsp3) is 0.378. The number of hydrogen-bond donors (Lipinski definition) is 3. The lowest BCUT2D eigenvalue weighted by Gasteiger charge is -2.20. The zero-order valence-corrected chi connectivity index (χ0v) is 27.1. The van der Waals surface area contributed by atoms with Crippen LogP contribution in [0.1, 0.15) is 83.0 Å². The van der Waals surface area contributed by atoms with Crippen molar-refractivity contribution in [2.45, 2.75) is 78.9 Å². The highest BCUT2D eigenvalue weighted by molar-refractivity contribution is 5.52. The molecule has 1 aliphatic rings. The topological polar surface area (TPSA) is 49.0 Å². The van der Waals surface area contributed by atoms with Gasteiger partial charge in [-0.25, -0.2) is 4.39 Å². The standard InChI is InChI=1S/C18H20FN3.C17H22F3N.C2H6/c1-2-21-17-11-15(5-6-16(17)19)18(22-12-13-3-4-13)14-7-9-20-10-8-14;1-4-7-14-9-6-10-16(12-14)21-13(3)11-15(8-5-2)17(18,19)20;1-2/h2,5-11,13,18,21-22H,1,3-4,12H2;6,8-12,21H,4-5,7H2,1-3H3;1-2H3/b;13-11-,15-8-;. The smallest absolute Gasteiger partial charge is 0.360 e. The van der Waals surface area contributed by atoms with Crippen LogP contribution in [0.3, 0.4) is 0 Å². The minimum absolute atomic E-state index is 0.0366. The normalized spacial score (nSPS) is 13.9. The van der Waals surface area contributed by atoms with Crippen LogP contribution in [0, 0.1) is 11.7 Å². The van der Waals surface area contributed by atoms with Crippen LogP contribution in [0.15, 0.2) is 103 Å². The highest BCUT2D eigenvalue weighted by Gasteiger charge is 2.31. The molecule has 0 spiro atoms. The molecular formula is C37H48F4N4. The van der Waals surface area contributed by atoms with E-state index in [-0.39, 0.29) is 11.9 Å². The van der Waals surface area contributed by atoms with Gasteiger partial charge < -0.3 is 16.0 Å². The Morgan fingerprint density at radius 3 is 2.33 bits per heavy atom. The Balaban J connectivity index is 0.000000298. The first kappa shape index (κ1) is 37.3. The van der Waals surface area contributed by atoms with Crippen LogP contribution in [-0.2, 0) is 6.42 Å². The van der Waals surface area contributed by atoms with Crippen molar-refractivity contribution in [1.29, 1.82) is 0 Å². The van der Waals surface area contributed by atoms with Crippen LogP contribution in [0.4, 0.5) is 28.9 Å². The number of pyridine rings is 1. The minimum Gasteiger partial charge on any atom is -0.360 e. The van der Waals surface area contributed by atoms with Gasteiger partial charge in [0.25, 0.3) is 0 Å². The van der Waals surface area contributed by atoms with Crippen LogP contribution in [0.25, 0.3) is 0 Å². The van der Waals surface area contributed by atoms with Crippen LogP contribution >= 0.6 is 0 Å². The van der Waals surface area contributed by atoms with Gasteiger partial charge in [-0.05, 0) is 110 Å². The lowest BCUT2D eigenvalue weighted by atomic mass is 9.98. The van der Waals surface area contributed by atoms with E-state index in [9.17, 15) is 17.6 Å². The van der Waals surface area contributed by atoms with Crippen molar-refractivity contribution in [3.05, 3.63) is 126 Å². The zero-order chi connectivity index (χ0) is 33.2. The molecule has 4 nitrogen and oxygen atoms in total. The molecular weight excluding hydrogens is 576 g/mol. The Morgan fingerprint density at radius 2 is 1.73 bits per heavy atom. The van der Waals surface area contributed by atoms with Crippen molar-refractivity contribution < 1.29 is 17.6 Å². The summed E-state index contributed by atoms with van der Waals surface area (Å²) in [5.41, 5.74) is 4.45. The molecule has 1 unspecified atom stereocenters. The molecule has 244 valence electrons. The average Bonchev–Trinajstić information content (AvgIpc) is 3.85. The highest BCUT2D eigenvalue weighted by atomic mass is 19.4. The van der Waals surface area contributed by atoms with Crippen LogP contribution in [0.5, 0.6) is 0 Å². The highest BCUT2D eigenvalue weighted by Crippen LogP contribution is 2.31. The number of aromatic nitrogens is 1. The molecule has 45 heavy (non-hydrogen) atoms. The van der Waals surface area contributed by atoms with E-state index in [2.05, 4.69) is 34.4 Å². The second kappa shape index (κ2) is 19.5. The fourth-order valence-corrected chi connectivity index (χ4v) is 4.60. The molecule has 0 saturated heterocycles. The summed E-state index contributed by atoms with van der Waals surface area (Å²) < 4.78 is 52.3. The third-order valence-electron chi connectivity index (χ3n) is 6.86. The minimum atomic E-state index is -4.32. The van der Waals surface area contributed by atoms with Crippen molar-refractivity contribution in [3.63, 3.8) is 0 Å². The van der Waals surface area contributed by atoms with E-state index in [1.807, 2.05) is 62.4 Å². The maximum Gasteiger partial charge on any atom is 0.416 e. The van der Waals surface area contributed by atoms with Gasteiger partial charge in [0.15, 0.2) is 0 Å². The summed E-state index contributed by atoms with van der Waals surface area (Å²) in [6, 6.07) is 16.9. The number of benzene rings is 2. The predicted octanol–water partition coefficient (Wildman–Crippen LogP) is 10.7. The summed E-state index contributed by atoms with van der Waals surface area (Å²) in [6.07, 6.45) is 8.02. The molecule has 0 radical (unpaired) electrons. The molecule has 8 heteroatoms. The SMILES string of the molecule is C=CNc1cc(C(NCC2CC2)c2ccncc2)ccc1F.CC.CC/C=C(/C=C(/C)Nc1cccc(CCC)c1)C(F)(F)F. The first-order valence-electron chi connectivity index (χ1n) is 15.8. The molecule has 1 atom stereocenters. The van der Waals surface area contributed by atoms with Gasteiger partial charge in [0.1, 0.15) is 5.82 Å². The van der Waals surface area contributed by atoms with Crippen molar-refractivity contribution in [1.82, 2.24) is 10.3 Å². The summed E-state index contributed by atoms with van der Waals surface area (Å²) in [6.45, 7) is 14.0. The molecule has 1 heterocycles. The molecule has 1 aromatic heterocycles. The molecule has 1 aliphatic carbocycles. The lowest BCUT2D eigenvalue weighted by Crippen LogP contribution is -2.24. The van der Waals surface area contributed by atoms with E-state index in [0.717, 1.165) is 48.2 Å². The maximum absolute atomic E-state index is 13.8. The number of anilines is 2. The largest absolute Gasteiger partial charge is 0.416 e. The molecule has 3 N–H and O–H groups in total. The first-order chi connectivity index (χ1) is 21.6. The Labute approximate surface area is 266 Å². The maximum atomic E-state index is 13.8. The van der Waals surface area contributed by atoms with Crippen LogP contribution < -0.4 is 16.0 Å². The van der Waals surface area contributed by atoms with Gasteiger partial charge in [-0.1, -0.05) is 65.0 Å². The number of aryl methyl sites for hydroxylation is 1. The molecule has 2 aromatic carbocycles. The summed E-state index contributed by atoms with van der Waals surface area (Å²) in [7, 11) is 0. The van der Waals surface area contributed by atoms with Crippen molar-refractivity contribution in [2.24, 2.45) is 5.92 Å². The molecule has 1 saturated carbocycles. The zero-order valence-electron chi connectivity index (χ0n) is 27.1. The monoisotopic (exact) mass is 624 g/mol. The Hall–Kier alpha value is -3.91. The first-order valence-corrected chi connectivity index (χ1v) is 15.8. The molecule has 4 rings (SSSR count). The second-order valence-corrected chi connectivity index (χ2v) is 10.6. The fourth-order valence-electron chi connectivity index (χ4n) is 4.60. The van der Waals surface area contributed by atoms with E-state index >= 15 is 0 Å². The van der Waals surface area contributed by atoms with Gasteiger partial charge in [0.05, 0.1) is 17.3 Å². The van der Waals surface area contributed by atoms with E-state index in [1.54, 1.807) is 26.2 Å². The Kier molecular flexibility index (Phi) is 16.1. The van der Waals surface area contributed by atoms with Gasteiger partial charge in [-0.2, -0.15) is 13.2 Å². The Morgan fingerprint density at radius 1 is 1.02 bits per heavy atom. The number of nitrogens with one attached hydrogen (secondary N) is 3. The molecule has 1 fully saturated rings. The lowest BCUT2D eigenvalue weighted by molar-refractivity contribution is -0.0884. The van der Waals surface area contributed by atoms with Crippen LogP contribution in [-0.4, -0.2) is 17.7 Å².